The summed E-state index contributed by atoms with van der Waals surface area (Å²) in [6.07, 6.45) is 4.16. The highest BCUT2D eigenvalue weighted by atomic mass is 33.1. The molecule has 15 N–H and O–H groups in total. The minimum absolute atomic E-state index is 0.000401. The van der Waals surface area contributed by atoms with E-state index in [0.717, 1.165) is 22.9 Å². The van der Waals surface area contributed by atoms with E-state index in [4.69, 9.17) is 98.7 Å². The number of ketones is 1. The minimum Gasteiger partial charge on any atom is -0.480 e. The van der Waals surface area contributed by atoms with E-state index in [9.17, 15) is 48.6 Å². The Morgan fingerprint density at radius 2 is 0.646 bits per heavy atom. The lowest BCUT2D eigenvalue weighted by Crippen LogP contribution is -2.41. The van der Waals surface area contributed by atoms with Crippen LogP contribution < -0.4 is 59.3 Å². The van der Waals surface area contributed by atoms with E-state index in [1.807, 2.05) is 23.9 Å². The zero-order chi connectivity index (χ0) is 93.2. The molecule has 4 heterocycles. The maximum absolute atomic E-state index is 13.0. The van der Waals surface area contributed by atoms with E-state index in [1.54, 1.807) is 82.5 Å². The Bertz CT molecular complexity index is 3970. The number of hydrogen-bond donors (Lipinski definition) is 11. The molecule has 0 aliphatic carbocycles. The third-order valence-electron chi connectivity index (χ3n) is 18.1. The number of nitrogens with zero attached hydrogens (tertiary/aromatic N) is 10. The number of carboxylic acid groups (broad SMARTS) is 2. The normalized spacial score (nSPS) is 11.8. The summed E-state index contributed by atoms with van der Waals surface area (Å²) in [6, 6.07) is 10.5. The van der Waals surface area contributed by atoms with Gasteiger partial charge in [-0.2, -0.15) is 19.9 Å². The lowest BCUT2D eigenvalue weighted by molar-refractivity contribution is -0.140. The van der Waals surface area contributed by atoms with E-state index >= 15 is 0 Å². The number of nitrogens with one attached hydrogen (secondary N) is 5. The van der Waals surface area contributed by atoms with Crippen LogP contribution in [0, 0.1) is 0 Å². The van der Waals surface area contributed by atoms with Gasteiger partial charge in [0.2, 0.25) is 29.6 Å². The van der Waals surface area contributed by atoms with Gasteiger partial charge in [0.1, 0.15) is 17.9 Å². The molecule has 5 amide bonds. The summed E-state index contributed by atoms with van der Waals surface area (Å²) in [5.41, 5.74) is 27.6. The fourth-order valence-electron chi connectivity index (χ4n) is 11.3. The van der Waals surface area contributed by atoms with Gasteiger partial charge < -0.3 is 145 Å². The maximum atomic E-state index is 13.0. The quantitative estimate of drug-likeness (QED) is 0.0190. The molecule has 47 heteroatoms. The van der Waals surface area contributed by atoms with Gasteiger partial charge in [0.25, 0.3) is 11.8 Å². The Labute approximate surface area is 762 Å². The van der Waals surface area contributed by atoms with Crippen LogP contribution in [0.2, 0.25) is 0 Å². The average Bonchev–Trinajstić information content (AvgIpc) is 0.812. The number of aliphatic carboxylic acids is 2. The number of fused-ring (bicyclic) bond motifs is 2. The van der Waals surface area contributed by atoms with Crippen LogP contribution in [0.3, 0.4) is 0 Å². The summed E-state index contributed by atoms with van der Waals surface area (Å²) in [6.45, 7) is 13.8. The van der Waals surface area contributed by atoms with Gasteiger partial charge in [0.15, 0.2) is 34.0 Å². The summed E-state index contributed by atoms with van der Waals surface area (Å²) in [5, 5.41) is 32.6. The van der Waals surface area contributed by atoms with Crippen LogP contribution in [0.5, 0.6) is 0 Å². The highest BCUT2D eigenvalue weighted by molar-refractivity contribution is 8.76. The Morgan fingerprint density at radius 1 is 0.354 bits per heavy atom. The number of amides is 5. The minimum atomic E-state index is -1.29. The van der Waals surface area contributed by atoms with Gasteiger partial charge in [-0.3, -0.25) is 28.8 Å². The first-order valence-corrected chi connectivity index (χ1v) is 45.3. The zero-order valence-corrected chi connectivity index (χ0v) is 75.6. The highest BCUT2D eigenvalue weighted by Gasteiger charge is 2.25. The average molecular weight is 1870 g/mol. The fraction of sp³-hybridized carbons (Fsp3) is 0.614. The topological polar surface area (TPSA) is 599 Å². The number of rotatable bonds is 80. The van der Waals surface area contributed by atoms with Gasteiger partial charge in [-0.15, -0.1) is 0 Å². The van der Waals surface area contributed by atoms with Crippen molar-refractivity contribution in [2.45, 2.75) is 76.5 Å². The molecular formula is C83H127N19O26S2. The van der Waals surface area contributed by atoms with Crippen LogP contribution >= 0.6 is 21.6 Å². The molecule has 45 nitrogen and oxygen atoms in total. The Kier molecular flexibility index (Phi) is 57.1. The van der Waals surface area contributed by atoms with E-state index in [0.29, 0.717) is 246 Å². The van der Waals surface area contributed by atoms with E-state index in [-0.39, 0.29) is 141 Å². The van der Waals surface area contributed by atoms with Crippen molar-refractivity contribution in [3.05, 3.63) is 83.4 Å². The lowest BCUT2D eigenvalue weighted by Gasteiger charge is -2.19. The molecule has 0 radical (unpaired) electrons. The molecule has 0 spiro atoms. The molecule has 0 aliphatic rings. The van der Waals surface area contributed by atoms with Gasteiger partial charge in [-0.1, -0.05) is 21.6 Å². The zero-order valence-electron chi connectivity index (χ0n) is 74.0. The van der Waals surface area contributed by atoms with E-state index in [2.05, 4.69) is 66.5 Å². The number of Topliss-reactive ketones (excluding diaryl/α,β-unsaturated/α-hetero) is 1. The molecule has 0 aliphatic heterocycles. The third kappa shape index (κ3) is 49.4. The van der Waals surface area contributed by atoms with Crippen molar-refractivity contribution in [1.29, 1.82) is 0 Å². The van der Waals surface area contributed by atoms with Gasteiger partial charge in [-0.25, -0.2) is 29.5 Å². The van der Waals surface area contributed by atoms with Crippen LogP contribution in [-0.4, -0.2) is 366 Å². The molecular weight excluding hydrogens is 1740 g/mol. The maximum Gasteiger partial charge on any atom is 0.326 e. The molecule has 0 unspecified atom stereocenters. The number of nitrogens with two attached hydrogens (primary N) is 4. The number of carbonyl (C=O) groups is 8. The molecule has 722 valence electrons. The van der Waals surface area contributed by atoms with Crippen molar-refractivity contribution < 1.29 is 124 Å². The highest BCUT2D eigenvalue weighted by Crippen LogP contribution is 2.23. The standard InChI is InChI=1S/C83H127N19O26S2/c1-101(58-62-56-91-76-72(93-62)74(84)97-82(86)99-76)64-9-5-60(6-10-64)78(107)95-67(80(109)110)13-15-69(104)88-19-25-116-31-37-122-43-40-119-34-28-113-22-3-4-66(103)17-23-114-29-35-120-41-46-125-48-50-127-52-54-129-130-55-53-128-51-49-126-47-42-121-36-30-115-24-18-71(106)90-21-27-118-33-39-124-45-44-123-38-32-117-26-20-89-70(105)16-14-68(81(111)112)96-79(108)61-7-11-65(12-8-61)102(2)59-63-57-92-77-73(94-63)75(85)98-83(87)100-77/h5-12,56-57,67-68H,3-4,13-55,58-59H2,1-2H3,(H,88,104)(H,89,105)(H,90,106)(H,95,107)(H,96,108)(H,109,110)(H,111,112)(H4,84,86,91,97,99)(H4,85,87,92,98,100)/t67-,68+/m0/s1. The second-order valence-electron chi connectivity index (χ2n) is 28.2. The SMILES string of the molecule is CN(Cc1cnc2nc(N)nc(N)c2n1)c1ccc(C(=O)N[C@@H](CCC(=O)NCCOCCOCCOCCOCCCC(=O)CCOCCOCCOCCOCCSSCCOCCOCCOCCOCCC(=O)NCCOCCOCCOCCOCCNC(=O)CC[C@@H](NC(=O)c2ccc(N(C)Cc3cnc4nc(N)nc(N)c4n3)cc2)C(=O)O)C(=O)O)cc1. The summed E-state index contributed by atoms with van der Waals surface area (Å²) in [4.78, 5) is 136. The number of carboxylic acids is 2. The van der Waals surface area contributed by atoms with Crippen molar-refractivity contribution >= 4 is 126 Å². The predicted octanol–water partition coefficient (Wildman–Crippen LogP) is 1.51. The van der Waals surface area contributed by atoms with E-state index < -0.39 is 35.8 Å². The molecule has 4 aromatic heterocycles. The summed E-state index contributed by atoms with van der Waals surface area (Å²) in [5.74, 6) is -2.63. The molecule has 0 bridgehead atoms. The first kappa shape index (κ1) is 109. The van der Waals surface area contributed by atoms with Crippen molar-refractivity contribution in [3.63, 3.8) is 0 Å². The molecule has 6 aromatic rings. The molecule has 2 aromatic carbocycles. The summed E-state index contributed by atoms with van der Waals surface area (Å²) in [7, 11) is 7.09. The Morgan fingerprint density at radius 3 is 0.977 bits per heavy atom. The van der Waals surface area contributed by atoms with Gasteiger partial charge in [-0.05, 0) is 67.8 Å². The third-order valence-corrected chi connectivity index (χ3v) is 20.4. The number of nitrogen functional groups attached to an aromatic ring is 4. The summed E-state index contributed by atoms with van der Waals surface area (Å²) >= 11 is 0. The number of carbonyl (C=O) groups excluding carboxylic acids is 6. The van der Waals surface area contributed by atoms with Crippen LogP contribution in [0.25, 0.3) is 22.3 Å². The number of aromatic nitrogens is 8. The molecule has 130 heavy (non-hydrogen) atoms. The van der Waals surface area contributed by atoms with Crippen LogP contribution in [0.1, 0.15) is 83.5 Å². The largest absolute Gasteiger partial charge is 0.480 e. The monoisotopic (exact) mass is 1870 g/mol. The van der Waals surface area contributed by atoms with E-state index in [1.165, 1.54) is 0 Å². The second-order valence-corrected chi connectivity index (χ2v) is 30.9. The predicted molar refractivity (Wildman–Crippen MR) is 482 cm³/mol. The first-order chi connectivity index (χ1) is 63.2. The van der Waals surface area contributed by atoms with Gasteiger partial charge in [0.05, 0.1) is 242 Å². The molecule has 6 rings (SSSR count). The number of anilines is 6. The van der Waals surface area contributed by atoms with Gasteiger partial charge >= 0.3 is 11.9 Å². The van der Waals surface area contributed by atoms with Crippen molar-refractivity contribution in [1.82, 2.24) is 66.5 Å². The van der Waals surface area contributed by atoms with Crippen LogP contribution in [-0.2, 0) is 118 Å². The van der Waals surface area contributed by atoms with Crippen molar-refractivity contribution in [3.8, 4) is 0 Å². The van der Waals surface area contributed by atoms with Crippen LogP contribution in [0.4, 0.5) is 34.9 Å². The Balaban J connectivity index is 0.564. The number of benzene rings is 2. The number of ether oxygens (including phenoxy) is 16. The molecule has 0 saturated heterocycles. The Hall–Kier alpha value is -9.90. The first-order valence-electron chi connectivity index (χ1n) is 42.8. The smallest absolute Gasteiger partial charge is 0.326 e. The molecule has 2 atom stereocenters. The lowest BCUT2D eigenvalue weighted by atomic mass is 10.1. The number of hydrogen-bond acceptors (Lipinski definition) is 40. The van der Waals surface area contributed by atoms with Crippen LogP contribution in [0.15, 0.2) is 60.9 Å². The van der Waals surface area contributed by atoms with Crippen molar-refractivity contribution in [2.75, 3.05) is 289 Å². The fourth-order valence-corrected chi connectivity index (χ4v) is 13.0. The van der Waals surface area contributed by atoms with Crippen molar-refractivity contribution in [2.24, 2.45) is 0 Å². The summed E-state index contributed by atoms with van der Waals surface area (Å²) < 4.78 is 88.6. The molecule has 0 fully saturated rings. The van der Waals surface area contributed by atoms with Gasteiger partial charge in [0, 0.05) is 106 Å². The molecule has 0 saturated carbocycles. The second kappa shape index (κ2) is 68.2.